The molecule has 102 valence electrons. The third kappa shape index (κ3) is 5.09. The largest absolute Gasteiger partial charge is 0.316 e. The van der Waals surface area contributed by atoms with E-state index in [2.05, 4.69) is 65.2 Å². The van der Waals surface area contributed by atoms with Crippen LogP contribution in [0.25, 0.3) is 0 Å². The maximum Gasteiger partial charge on any atom is 0.0242 e. The molecule has 0 aliphatic rings. The Bertz CT molecular complexity index is 366. The average molecular weight is 313 g/mol. The number of hydrogen-bond donors (Lipinski definition) is 1. The van der Waals surface area contributed by atoms with Crippen LogP contribution in [0.4, 0.5) is 0 Å². The van der Waals surface area contributed by atoms with Crippen molar-refractivity contribution >= 4 is 15.9 Å². The highest BCUT2D eigenvalue weighted by Gasteiger charge is 2.08. The lowest BCUT2D eigenvalue weighted by Gasteiger charge is -2.21. The second-order valence-electron chi connectivity index (χ2n) is 5.17. The van der Waals surface area contributed by atoms with Crippen molar-refractivity contribution in [1.82, 2.24) is 10.2 Å². The van der Waals surface area contributed by atoms with E-state index in [1.165, 1.54) is 22.0 Å². The van der Waals surface area contributed by atoms with Crippen molar-refractivity contribution in [2.45, 2.75) is 33.4 Å². The van der Waals surface area contributed by atoms with E-state index in [0.29, 0.717) is 0 Å². The Labute approximate surface area is 120 Å². The van der Waals surface area contributed by atoms with E-state index >= 15 is 0 Å². The summed E-state index contributed by atoms with van der Waals surface area (Å²) in [5.41, 5.74) is 2.68. The van der Waals surface area contributed by atoms with Gasteiger partial charge >= 0.3 is 0 Å². The normalized spacial score (nSPS) is 13.0. The van der Waals surface area contributed by atoms with Gasteiger partial charge in [0.25, 0.3) is 0 Å². The van der Waals surface area contributed by atoms with Gasteiger partial charge in [0.2, 0.25) is 0 Å². The van der Waals surface area contributed by atoms with Crippen LogP contribution in [-0.4, -0.2) is 25.5 Å². The summed E-state index contributed by atoms with van der Waals surface area (Å²) in [6.45, 7) is 7.63. The lowest BCUT2D eigenvalue weighted by molar-refractivity contribution is 0.275. The van der Waals surface area contributed by atoms with Crippen molar-refractivity contribution in [3.8, 4) is 0 Å². The molecule has 1 atom stereocenters. The fourth-order valence-corrected chi connectivity index (χ4v) is 2.60. The number of benzene rings is 1. The molecule has 0 heterocycles. The highest BCUT2D eigenvalue weighted by Crippen LogP contribution is 2.20. The average Bonchev–Trinajstić information content (AvgIpc) is 2.33. The predicted octanol–water partition coefficient (Wildman–Crippen LogP) is 3.65. The maximum absolute atomic E-state index is 3.67. The van der Waals surface area contributed by atoms with Crippen molar-refractivity contribution < 1.29 is 0 Å². The number of rotatable bonds is 7. The monoisotopic (exact) mass is 312 g/mol. The standard InChI is InChI=1S/C15H25BrN2/c1-5-12(2)10-18(4)11-14-7-6-13(9-17-3)8-15(14)16/h6-8,12,17H,5,9-11H2,1-4H3. The molecule has 1 aromatic rings. The predicted molar refractivity (Wildman–Crippen MR) is 82.7 cm³/mol. The van der Waals surface area contributed by atoms with E-state index in [4.69, 9.17) is 0 Å². The van der Waals surface area contributed by atoms with Gasteiger partial charge in [-0.3, -0.25) is 0 Å². The molecule has 0 aromatic heterocycles. The molecule has 0 saturated heterocycles. The van der Waals surface area contributed by atoms with Crippen LogP contribution in [0.1, 0.15) is 31.4 Å². The van der Waals surface area contributed by atoms with E-state index in [1.54, 1.807) is 0 Å². The molecule has 0 fully saturated rings. The molecule has 18 heavy (non-hydrogen) atoms. The van der Waals surface area contributed by atoms with Crippen molar-refractivity contribution in [2.75, 3.05) is 20.6 Å². The van der Waals surface area contributed by atoms with Crippen LogP contribution < -0.4 is 5.32 Å². The molecular formula is C15H25BrN2. The van der Waals surface area contributed by atoms with Gasteiger partial charge in [-0.15, -0.1) is 0 Å². The molecular weight excluding hydrogens is 288 g/mol. The first-order valence-electron chi connectivity index (χ1n) is 6.67. The molecule has 0 bridgehead atoms. The first kappa shape index (κ1) is 15.7. The second-order valence-corrected chi connectivity index (χ2v) is 6.02. The molecule has 1 rings (SSSR count). The van der Waals surface area contributed by atoms with Crippen LogP contribution in [0.15, 0.2) is 22.7 Å². The third-order valence-electron chi connectivity index (χ3n) is 3.26. The molecule has 2 nitrogen and oxygen atoms in total. The molecule has 0 aliphatic heterocycles. The molecule has 1 N–H and O–H groups in total. The third-order valence-corrected chi connectivity index (χ3v) is 4.00. The van der Waals surface area contributed by atoms with Gasteiger partial charge in [0.1, 0.15) is 0 Å². The number of hydrogen-bond acceptors (Lipinski definition) is 2. The van der Waals surface area contributed by atoms with Crippen LogP contribution >= 0.6 is 15.9 Å². The van der Waals surface area contributed by atoms with Crippen molar-refractivity contribution in [2.24, 2.45) is 5.92 Å². The molecule has 0 saturated carbocycles. The van der Waals surface area contributed by atoms with E-state index in [9.17, 15) is 0 Å². The Morgan fingerprint density at radius 3 is 2.67 bits per heavy atom. The molecule has 0 aliphatic carbocycles. The van der Waals surface area contributed by atoms with Crippen molar-refractivity contribution in [3.05, 3.63) is 33.8 Å². The first-order valence-corrected chi connectivity index (χ1v) is 7.46. The quantitative estimate of drug-likeness (QED) is 0.827. The van der Waals surface area contributed by atoms with Gasteiger partial charge in [-0.25, -0.2) is 0 Å². The van der Waals surface area contributed by atoms with Crippen LogP contribution in [0.3, 0.4) is 0 Å². The molecule has 1 unspecified atom stereocenters. The van der Waals surface area contributed by atoms with Gasteiger partial charge in [0.05, 0.1) is 0 Å². The number of nitrogens with one attached hydrogen (secondary N) is 1. The van der Waals surface area contributed by atoms with Gasteiger partial charge < -0.3 is 10.2 Å². The minimum absolute atomic E-state index is 0.761. The van der Waals surface area contributed by atoms with Crippen molar-refractivity contribution in [1.29, 1.82) is 0 Å². The summed E-state index contributed by atoms with van der Waals surface area (Å²) in [6, 6.07) is 6.64. The smallest absolute Gasteiger partial charge is 0.0242 e. The van der Waals surface area contributed by atoms with E-state index in [-0.39, 0.29) is 0 Å². The SMILES string of the molecule is CCC(C)CN(C)Cc1ccc(CNC)cc1Br. The zero-order chi connectivity index (χ0) is 13.5. The zero-order valence-electron chi connectivity index (χ0n) is 12.0. The summed E-state index contributed by atoms with van der Waals surface area (Å²) in [5.74, 6) is 0.761. The fraction of sp³-hybridized carbons (Fsp3) is 0.600. The Hall–Kier alpha value is -0.380. The van der Waals surface area contributed by atoms with Crippen molar-refractivity contribution in [3.63, 3.8) is 0 Å². The minimum atomic E-state index is 0.761. The zero-order valence-corrected chi connectivity index (χ0v) is 13.5. The molecule has 3 heteroatoms. The van der Waals surface area contributed by atoms with Gasteiger partial charge in [-0.1, -0.05) is 48.3 Å². The summed E-state index contributed by atoms with van der Waals surface area (Å²) in [5, 5.41) is 3.17. The van der Waals surface area contributed by atoms with E-state index < -0.39 is 0 Å². The van der Waals surface area contributed by atoms with Crippen LogP contribution in [0.5, 0.6) is 0 Å². The Kier molecular flexibility index (Phi) is 6.90. The maximum atomic E-state index is 3.67. The van der Waals surface area contributed by atoms with Crippen LogP contribution in [0, 0.1) is 5.92 Å². The molecule has 0 amide bonds. The van der Waals surface area contributed by atoms with Crippen LogP contribution in [0.2, 0.25) is 0 Å². The lowest BCUT2D eigenvalue weighted by atomic mass is 10.1. The topological polar surface area (TPSA) is 15.3 Å². The molecule has 1 aromatic carbocycles. The van der Waals surface area contributed by atoms with E-state index in [1.807, 2.05) is 7.05 Å². The minimum Gasteiger partial charge on any atom is -0.316 e. The highest BCUT2D eigenvalue weighted by atomic mass is 79.9. The summed E-state index contributed by atoms with van der Waals surface area (Å²) in [4.78, 5) is 2.39. The lowest BCUT2D eigenvalue weighted by Crippen LogP contribution is -2.23. The summed E-state index contributed by atoms with van der Waals surface area (Å²) in [6.07, 6.45) is 1.24. The summed E-state index contributed by atoms with van der Waals surface area (Å²) >= 11 is 3.67. The van der Waals surface area contributed by atoms with Gasteiger partial charge in [-0.2, -0.15) is 0 Å². The van der Waals surface area contributed by atoms with Gasteiger partial charge in [-0.05, 0) is 37.2 Å². The van der Waals surface area contributed by atoms with E-state index in [0.717, 1.165) is 25.6 Å². The summed E-state index contributed by atoms with van der Waals surface area (Å²) in [7, 11) is 4.17. The second kappa shape index (κ2) is 7.93. The van der Waals surface area contributed by atoms with Gasteiger partial charge in [0.15, 0.2) is 0 Å². The highest BCUT2D eigenvalue weighted by molar-refractivity contribution is 9.10. The Morgan fingerprint density at radius 1 is 1.39 bits per heavy atom. The van der Waals surface area contributed by atoms with Gasteiger partial charge in [0, 0.05) is 24.1 Å². The number of halogens is 1. The fourth-order valence-electron chi connectivity index (χ4n) is 2.05. The molecule has 0 spiro atoms. The number of nitrogens with zero attached hydrogens (tertiary/aromatic N) is 1. The first-order chi connectivity index (χ1) is 8.56. The molecule has 0 radical (unpaired) electrons. The Balaban J connectivity index is 2.61. The van der Waals surface area contributed by atoms with Crippen LogP contribution in [-0.2, 0) is 13.1 Å². The Morgan fingerprint density at radius 2 is 2.11 bits per heavy atom. The summed E-state index contributed by atoms with van der Waals surface area (Å²) < 4.78 is 1.21.